The van der Waals surface area contributed by atoms with E-state index in [0.29, 0.717) is 5.54 Å². The number of hydrogen-bond acceptors (Lipinski definition) is 3. The number of hydrogen-bond donors (Lipinski definition) is 1. The van der Waals surface area contributed by atoms with E-state index in [4.69, 9.17) is 5.73 Å². The topological polar surface area (TPSA) is 29.3 Å². The quantitative estimate of drug-likeness (QED) is 0.874. The fourth-order valence-electron chi connectivity index (χ4n) is 3.76. The van der Waals surface area contributed by atoms with E-state index in [1.54, 1.807) is 10.4 Å². The molecule has 0 spiro atoms. The second kappa shape index (κ2) is 4.38. The second-order valence-electron chi connectivity index (χ2n) is 5.64. The summed E-state index contributed by atoms with van der Waals surface area (Å²) in [5.41, 5.74) is 7.99. The molecular formula is C14H22N2S. The molecule has 1 fully saturated rings. The van der Waals surface area contributed by atoms with Gasteiger partial charge in [0.1, 0.15) is 0 Å². The van der Waals surface area contributed by atoms with E-state index >= 15 is 0 Å². The van der Waals surface area contributed by atoms with Crippen LogP contribution in [-0.4, -0.2) is 23.5 Å². The Morgan fingerprint density at radius 3 is 3.18 bits per heavy atom. The Labute approximate surface area is 108 Å². The number of nitrogens with two attached hydrogens (primary N) is 1. The SMILES string of the molecule is CC1CCCC1(CN)N1CCc2sccc2C1. The van der Waals surface area contributed by atoms with Crippen molar-refractivity contribution in [2.45, 2.75) is 44.7 Å². The average molecular weight is 250 g/mol. The molecule has 0 aromatic carbocycles. The van der Waals surface area contributed by atoms with E-state index in [9.17, 15) is 0 Å². The average Bonchev–Trinajstić information content (AvgIpc) is 2.94. The highest BCUT2D eigenvalue weighted by Gasteiger charge is 2.44. The maximum atomic E-state index is 6.15. The van der Waals surface area contributed by atoms with Gasteiger partial charge < -0.3 is 5.73 Å². The highest BCUT2D eigenvalue weighted by molar-refractivity contribution is 7.10. The molecule has 2 atom stereocenters. The van der Waals surface area contributed by atoms with Crippen molar-refractivity contribution in [3.63, 3.8) is 0 Å². The highest BCUT2D eigenvalue weighted by Crippen LogP contribution is 2.42. The van der Waals surface area contributed by atoms with Crippen molar-refractivity contribution < 1.29 is 0 Å². The van der Waals surface area contributed by atoms with Crippen LogP contribution in [0.4, 0.5) is 0 Å². The van der Waals surface area contributed by atoms with E-state index in [1.807, 2.05) is 11.3 Å². The predicted molar refractivity (Wildman–Crippen MR) is 73.2 cm³/mol. The summed E-state index contributed by atoms with van der Waals surface area (Å²) in [6.07, 6.45) is 5.22. The fraction of sp³-hybridized carbons (Fsp3) is 0.714. The van der Waals surface area contributed by atoms with E-state index in [2.05, 4.69) is 23.3 Å². The van der Waals surface area contributed by atoms with Crippen molar-refractivity contribution >= 4 is 11.3 Å². The Bertz CT molecular complexity index is 401. The van der Waals surface area contributed by atoms with Gasteiger partial charge in [-0.1, -0.05) is 13.3 Å². The van der Waals surface area contributed by atoms with Crippen LogP contribution in [-0.2, 0) is 13.0 Å². The van der Waals surface area contributed by atoms with E-state index < -0.39 is 0 Å². The van der Waals surface area contributed by atoms with Gasteiger partial charge in [0.05, 0.1) is 0 Å². The summed E-state index contributed by atoms with van der Waals surface area (Å²) in [6.45, 7) is 5.55. The molecule has 94 valence electrons. The van der Waals surface area contributed by atoms with Crippen LogP contribution < -0.4 is 5.73 Å². The third-order valence-electron chi connectivity index (χ3n) is 4.96. The molecule has 0 bridgehead atoms. The van der Waals surface area contributed by atoms with Gasteiger partial charge >= 0.3 is 0 Å². The van der Waals surface area contributed by atoms with Gasteiger partial charge in [-0.05, 0) is 42.2 Å². The van der Waals surface area contributed by atoms with Gasteiger partial charge in [-0.15, -0.1) is 11.3 Å². The molecule has 3 heteroatoms. The lowest BCUT2D eigenvalue weighted by Gasteiger charge is -2.45. The van der Waals surface area contributed by atoms with E-state index in [0.717, 1.165) is 19.0 Å². The summed E-state index contributed by atoms with van der Waals surface area (Å²) < 4.78 is 0. The Kier molecular flexibility index (Phi) is 3.01. The van der Waals surface area contributed by atoms with Gasteiger partial charge in [0.2, 0.25) is 0 Å². The molecule has 2 N–H and O–H groups in total. The lowest BCUT2D eigenvalue weighted by atomic mass is 9.85. The first kappa shape index (κ1) is 11.7. The number of nitrogens with zero attached hydrogens (tertiary/aromatic N) is 1. The first-order valence-corrected chi connectivity index (χ1v) is 7.64. The summed E-state index contributed by atoms with van der Waals surface area (Å²) in [7, 11) is 0. The summed E-state index contributed by atoms with van der Waals surface area (Å²) in [4.78, 5) is 4.28. The van der Waals surface area contributed by atoms with Crippen LogP contribution in [0, 0.1) is 5.92 Å². The molecule has 0 amide bonds. The lowest BCUT2D eigenvalue weighted by Crippen LogP contribution is -2.56. The maximum Gasteiger partial charge on any atom is 0.0360 e. The molecule has 1 aromatic rings. The number of rotatable bonds is 2. The molecule has 1 saturated carbocycles. The second-order valence-corrected chi connectivity index (χ2v) is 6.64. The fourth-order valence-corrected chi connectivity index (χ4v) is 4.65. The molecular weight excluding hydrogens is 228 g/mol. The van der Waals surface area contributed by atoms with E-state index in [-0.39, 0.29) is 0 Å². The van der Waals surface area contributed by atoms with Gasteiger partial charge in [0.15, 0.2) is 0 Å². The van der Waals surface area contributed by atoms with Crippen LogP contribution in [0.25, 0.3) is 0 Å². The highest BCUT2D eigenvalue weighted by atomic mass is 32.1. The minimum absolute atomic E-state index is 0.291. The van der Waals surface area contributed by atoms with Crippen LogP contribution in [0.5, 0.6) is 0 Å². The van der Waals surface area contributed by atoms with Gasteiger partial charge in [-0.3, -0.25) is 4.90 Å². The predicted octanol–water partition coefficient (Wildman–Crippen LogP) is 2.62. The van der Waals surface area contributed by atoms with Crippen LogP contribution >= 0.6 is 11.3 Å². The number of fused-ring (bicyclic) bond motifs is 1. The molecule has 2 unspecified atom stereocenters. The Hall–Kier alpha value is -0.380. The van der Waals surface area contributed by atoms with Crippen LogP contribution in [0.2, 0.25) is 0 Å². The smallest absolute Gasteiger partial charge is 0.0360 e. The molecule has 3 rings (SSSR count). The zero-order valence-corrected chi connectivity index (χ0v) is 11.4. The minimum atomic E-state index is 0.291. The third-order valence-corrected chi connectivity index (χ3v) is 5.98. The number of thiophene rings is 1. The standard InChI is InChI=1S/C14H22N2S/c1-11-3-2-6-14(11,10-15)16-7-4-13-12(9-16)5-8-17-13/h5,8,11H,2-4,6-7,9-10,15H2,1H3. The molecule has 2 heterocycles. The van der Waals surface area contributed by atoms with Crippen molar-refractivity contribution in [3.8, 4) is 0 Å². The Morgan fingerprint density at radius 1 is 1.59 bits per heavy atom. The summed E-state index contributed by atoms with van der Waals surface area (Å²) in [5, 5.41) is 2.24. The normalized spacial score (nSPS) is 33.9. The summed E-state index contributed by atoms with van der Waals surface area (Å²) >= 11 is 1.92. The zero-order chi connectivity index (χ0) is 11.9. The molecule has 1 aliphatic carbocycles. The molecule has 1 aliphatic heterocycles. The molecule has 17 heavy (non-hydrogen) atoms. The first-order chi connectivity index (χ1) is 8.26. The van der Waals surface area contributed by atoms with Crippen LogP contribution in [0.15, 0.2) is 11.4 Å². The van der Waals surface area contributed by atoms with Crippen LogP contribution in [0.1, 0.15) is 36.6 Å². The largest absolute Gasteiger partial charge is 0.329 e. The Morgan fingerprint density at radius 2 is 2.47 bits per heavy atom. The van der Waals surface area contributed by atoms with Crippen LogP contribution in [0.3, 0.4) is 0 Å². The lowest BCUT2D eigenvalue weighted by molar-refractivity contribution is 0.0515. The van der Waals surface area contributed by atoms with Gasteiger partial charge in [0.25, 0.3) is 0 Å². The van der Waals surface area contributed by atoms with Gasteiger partial charge in [-0.2, -0.15) is 0 Å². The molecule has 2 aliphatic rings. The summed E-state index contributed by atoms with van der Waals surface area (Å²) in [5.74, 6) is 0.757. The minimum Gasteiger partial charge on any atom is -0.329 e. The molecule has 0 radical (unpaired) electrons. The van der Waals surface area contributed by atoms with E-state index in [1.165, 1.54) is 32.2 Å². The zero-order valence-electron chi connectivity index (χ0n) is 10.6. The molecule has 0 saturated heterocycles. The van der Waals surface area contributed by atoms with Crippen molar-refractivity contribution in [1.82, 2.24) is 4.90 Å². The monoisotopic (exact) mass is 250 g/mol. The third kappa shape index (κ3) is 1.76. The van der Waals surface area contributed by atoms with Crippen molar-refractivity contribution in [1.29, 1.82) is 0 Å². The maximum absolute atomic E-state index is 6.15. The molecule has 2 nitrogen and oxygen atoms in total. The molecule has 1 aromatic heterocycles. The summed E-state index contributed by atoms with van der Waals surface area (Å²) in [6, 6.07) is 2.30. The van der Waals surface area contributed by atoms with Crippen molar-refractivity contribution in [3.05, 3.63) is 21.9 Å². The first-order valence-electron chi connectivity index (χ1n) is 6.76. The van der Waals surface area contributed by atoms with Gasteiger partial charge in [0, 0.05) is 30.1 Å². The van der Waals surface area contributed by atoms with Gasteiger partial charge in [-0.25, -0.2) is 0 Å². The van der Waals surface area contributed by atoms with Crippen molar-refractivity contribution in [2.75, 3.05) is 13.1 Å². The van der Waals surface area contributed by atoms with Crippen molar-refractivity contribution in [2.24, 2.45) is 11.7 Å². The Balaban J connectivity index is 1.85.